The largest absolute Gasteiger partial charge is 0.493 e. The van der Waals surface area contributed by atoms with Crippen LogP contribution >= 0.6 is 0 Å². The van der Waals surface area contributed by atoms with E-state index in [1.165, 1.54) is 0 Å². The number of fused-ring (bicyclic) bond motifs is 1. The number of carbonyl (C=O) groups is 1. The summed E-state index contributed by atoms with van der Waals surface area (Å²) in [4.78, 5) is 39.9. The molecule has 2 aromatic rings. The van der Waals surface area contributed by atoms with Gasteiger partial charge in [-0.25, -0.2) is 4.79 Å². The average molecular weight is 357 g/mol. The minimum atomic E-state index is -0.735. The maximum atomic E-state index is 12.6. The molecule has 0 radical (unpaired) electrons. The molecule has 0 unspecified atom stereocenters. The van der Waals surface area contributed by atoms with E-state index in [2.05, 4.69) is 10.3 Å². The molecule has 1 atom stereocenters. The molecule has 4 N–H and O–H groups in total. The van der Waals surface area contributed by atoms with E-state index in [-0.39, 0.29) is 23.6 Å². The molecule has 1 amide bonds. The Bertz CT molecular complexity index is 958. The van der Waals surface area contributed by atoms with Crippen molar-refractivity contribution in [3.8, 4) is 5.75 Å². The van der Waals surface area contributed by atoms with Crippen LogP contribution in [-0.2, 0) is 6.42 Å². The van der Waals surface area contributed by atoms with Crippen molar-refractivity contribution >= 4 is 5.91 Å². The highest BCUT2D eigenvalue weighted by Crippen LogP contribution is 2.39. The fourth-order valence-electron chi connectivity index (χ4n) is 3.57. The second-order valence-corrected chi connectivity index (χ2v) is 6.79. The van der Waals surface area contributed by atoms with Crippen molar-refractivity contribution in [3.05, 3.63) is 61.9 Å². The maximum Gasteiger partial charge on any atom is 0.325 e. The summed E-state index contributed by atoms with van der Waals surface area (Å²) in [6, 6.07) is 5.47. The SMILES string of the molecule is O=C(N[C@@H](c1ccc2c(c1)CCO2)C1CC(O)C1)c1c[nH]c(=O)[nH]c1=O. The number of rotatable bonds is 4. The van der Waals surface area contributed by atoms with E-state index in [1.807, 2.05) is 23.2 Å². The fourth-order valence-corrected chi connectivity index (χ4v) is 3.57. The first-order valence-corrected chi connectivity index (χ1v) is 8.58. The Balaban J connectivity index is 1.62. The van der Waals surface area contributed by atoms with Crippen molar-refractivity contribution in [1.82, 2.24) is 15.3 Å². The van der Waals surface area contributed by atoms with E-state index in [4.69, 9.17) is 4.74 Å². The van der Waals surface area contributed by atoms with Crippen molar-refractivity contribution in [3.63, 3.8) is 0 Å². The van der Waals surface area contributed by atoms with Gasteiger partial charge in [0.1, 0.15) is 11.3 Å². The molecule has 1 aromatic heterocycles. The van der Waals surface area contributed by atoms with Gasteiger partial charge in [-0.3, -0.25) is 14.6 Å². The van der Waals surface area contributed by atoms with Crippen LogP contribution in [0.3, 0.4) is 0 Å². The molecule has 26 heavy (non-hydrogen) atoms. The lowest BCUT2D eigenvalue weighted by Gasteiger charge is -2.38. The number of carbonyl (C=O) groups excluding carboxylic acids is 1. The molecule has 1 aromatic carbocycles. The van der Waals surface area contributed by atoms with Crippen LogP contribution in [0.15, 0.2) is 34.0 Å². The molecular weight excluding hydrogens is 338 g/mol. The molecule has 136 valence electrons. The number of aliphatic hydroxyl groups is 1. The van der Waals surface area contributed by atoms with Gasteiger partial charge in [0.25, 0.3) is 11.5 Å². The molecule has 1 saturated carbocycles. The van der Waals surface area contributed by atoms with Crippen LogP contribution in [0.2, 0.25) is 0 Å². The summed E-state index contributed by atoms with van der Waals surface area (Å²) in [6.45, 7) is 0.644. The van der Waals surface area contributed by atoms with Crippen molar-refractivity contribution < 1.29 is 14.6 Å². The predicted octanol–water partition coefficient (Wildman–Crippen LogP) is 0.240. The van der Waals surface area contributed by atoms with Gasteiger partial charge in [0.05, 0.1) is 18.8 Å². The molecule has 0 saturated heterocycles. The summed E-state index contributed by atoms with van der Waals surface area (Å²) < 4.78 is 5.52. The number of aliphatic hydroxyl groups excluding tert-OH is 1. The van der Waals surface area contributed by atoms with E-state index in [0.29, 0.717) is 19.4 Å². The first-order valence-electron chi connectivity index (χ1n) is 8.58. The number of benzene rings is 1. The van der Waals surface area contributed by atoms with E-state index in [1.54, 1.807) is 0 Å². The van der Waals surface area contributed by atoms with Gasteiger partial charge in [-0.1, -0.05) is 6.07 Å². The molecule has 2 aliphatic rings. The lowest BCUT2D eigenvalue weighted by atomic mass is 9.74. The van der Waals surface area contributed by atoms with E-state index in [0.717, 1.165) is 29.5 Å². The molecule has 2 heterocycles. The number of amides is 1. The number of aromatic amines is 2. The summed E-state index contributed by atoms with van der Waals surface area (Å²) in [5, 5.41) is 12.6. The zero-order valence-corrected chi connectivity index (χ0v) is 14.0. The van der Waals surface area contributed by atoms with Gasteiger partial charge in [0.2, 0.25) is 0 Å². The molecule has 0 bridgehead atoms. The topological polar surface area (TPSA) is 124 Å². The van der Waals surface area contributed by atoms with Crippen LogP contribution in [0.4, 0.5) is 0 Å². The number of ether oxygens (including phenoxy) is 1. The standard InChI is InChI=1S/C18H19N3O5/c22-12-6-11(7-12)15(10-1-2-14-9(5-10)3-4-26-14)20-16(23)13-8-19-18(25)21-17(13)24/h1-2,5,8,11-12,15,22H,3-4,6-7H2,(H,20,23)(H2,19,21,24,25)/t11?,12?,15-/m0/s1. The molecule has 0 spiro atoms. The van der Waals surface area contributed by atoms with Crippen LogP contribution < -0.4 is 21.3 Å². The van der Waals surface area contributed by atoms with Gasteiger partial charge in [-0.15, -0.1) is 0 Å². The van der Waals surface area contributed by atoms with Gasteiger partial charge in [-0.05, 0) is 42.0 Å². The van der Waals surface area contributed by atoms with E-state index >= 15 is 0 Å². The van der Waals surface area contributed by atoms with Crippen molar-refractivity contribution in [2.75, 3.05) is 6.61 Å². The van der Waals surface area contributed by atoms with Crippen LogP contribution in [-0.4, -0.2) is 33.7 Å². The third-order valence-electron chi connectivity index (χ3n) is 5.04. The highest BCUT2D eigenvalue weighted by Gasteiger charge is 2.36. The summed E-state index contributed by atoms with van der Waals surface area (Å²) in [5.74, 6) is 0.367. The van der Waals surface area contributed by atoms with E-state index < -0.39 is 17.2 Å². The number of nitrogens with one attached hydrogen (secondary N) is 3. The van der Waals surface area contributed by atoms with Gasteiger partial charge < -0.3 is 20.1 Å². The minimum Gasteiger partial charge on any atom is -0.493 e. The molecule has 8 heteroatoms. The fraction of sp³-hybridized carbons (Fsp3) is 0.389. The zero-order chi connectivity index (χ0) is 18.3. The first kappa shape index (κ1) is 16.6. The number of H-pyrrole nitrogens is 2. The molecule has 1 aliphatic carbocycles. The zero-order valence-electron chi connectivity index (χ0n) is 14.0. The third-order valence-corrected chi connectivity index (χ3v) is 5.04. The predicted molar refractivity (Wildman–Crippen MR) is 92.3 cm³/mol. The molecule has 1 fully saturated rings. The van der Waals surface area contributed by atoms with Crippen molar-refractivity contribution in [1.29, 1.82) is 0 Å². The normalized spacial score (nSPS) is 22.0. The maximum absolute atomic E-state index is 12.6. The third kappa shape index (κ3) is 3.03. The van der Waals surface area contributed by atoms with Gasteiger partial charge in [-0.2, -0.15) is 0 Å². The highest BCUT2D eigenvalue weighted by atomic mass is 16.5. The minimum absolute atomic E-state index is 0.0798. The highest BCUT2D eigenvalue weighted by molar-refractivity contribution is 5.93. The lowest BCUT2D eigenvalue weighted by molar-refractivity contribution is 0.0235. The summed E-state index contributed by atoms with van der Waals surface area (Å²) in [6.07, 6.45) is 2.73. The Kier molecular flexibility index (Phi) is 4.12. The monoisotopic (exact) mass is 357 g/mol. The smallest absolute Gasteiger partial charge is 0.325 e. The Morgan fingerprint density at radius 2 is 2.12 bits per heavy atom. The summed E-state index contributed by atoms with van der Waals surface area (Å²) in [7, 11) is 0. The molecular formula is C18H19N3O5. The number of hydrogen-bond donors (Lipinski definition) is 4. The van der Waals surface area contributed by atoms with Gasteiger partial charge >= 0.3 is 5.69 Å². The summed E-state index contributed by atoms with van der Waals surface area (Å²) in [5.41, 5.74) is 0.452. The number of aromatic nitrogens is 2. The van der Waals surface area contributed by atoms with Crippen LogP contribution in [0.1, 0.15) is 40.4 Å². The first-order chi connectivity index (χ1) is 12.5. The Morgan fingerprint density at radius 1 is 1.31 bits per heavy atom. The van der Waals surface area contributed by atoms with Gasteiger partial charge in [0.15, 0.2) is 0 Å². The quantitative estimate of drug-likeness (QED) is 0.624. The summed E-state index contributed by atoms with van der Waals surface area (Å²) >= 11 is 0. The van der Waals surface area contributed by atoms with E-state index in [9.17, 15) is 19.5 Å². The second-order valence-electron chi connectivity index (χ2n) is 6.79. The Morgan fingerprint density at radius 3 is 2.85 bits per heavy atom. The average Bonchev–Trinajstić information content (AvgIpc) is 3.04. The number of hydrogen-bond acceptors (Lipinski definition) is 5. The second kappa shape index (κ2) is 6.45. The molecule has 4 rings (SSSR count). The Labute approximate surface area is 148 Å². The van der Waals surface area contributed by atoms with Crippen LogP contribution in [0.25, 0.3) is 0 Å². The molecule has 8 nitrogen and oxygen atoms in total. The van der Waals surface area contributed by atoms with Gasteiger partial charge in [0, 0.05) is 12.6 Å². The van der Waals surface area contributed by atoms with Crippen molar-refractivity contribution in [2.45, 2.75) is 31.4 Å². The van der Waals surface area contributed by atoms with Crippen LogP contribution in [0.5, 0.6) is 5.75 Å². The van der Waals surface area contributed by atoms with Crippen LogP contribution in [0, 0.1) is 5.92 Å². The Hall–Kier alpha value is -2.87. The lowest BCUT2D eigenvalue weighted by Crippen LogP contribution is -2.43. The van der Waals surface area contributed by atoms with Crippen molar-refractivity contribution in [2.24, 2.45) is 5.92 Å². The molecule has 1 aliphatic heterocycles.